The Labute approximate surface area is 98.2 Å². The monoisotopic (exact) mass is 231 g/mol. The standard InChI is InChI=1S/C13H17NOSi/c1-15-12-7-5-11(6-8-12)13(9-10-14)16(2,3)4/h5-9H,1-4H3/b13-9-. The number of benzene rings is 1. The van der Waals surface area contributed by atoms with Crippen LogP contribution in [0.2, 0.25) is 19.6 Å². The lowest BCUT2D eigenvalue weighted by Gasteiger charge is -2.20. The second-order valence-electron chi connectivity index (χ2n) is 4.67. The number of allylic oxidation sites excluding steroid dienone is 1. The molecule has 0 aliphatic heterocycles. The fraction of sp³-hybridized carbons (Fsp3) is 0.308. The van der Waals surface area contributed by atoms with Crippen LogP contribution in [-0.2, 0) is 0 Å². The molecule has 0 bridgehead atoms. The van der Waals surface area contributed by atoms with Crippen molar-refractivity contribution in [2.45, 2.75) is 19.6 Å². The second kappa shape index (κ2) is 5.00. The highest BCUT2D eigenvalue weighted by molar-refractivity contribution is 6.93. The van der Waals surface area contributed by atoms with Crippen LogP contribution in [0.4, 0.5) is 0 Å². The van der Waals surface area contributed by atoms with Crippen molar-refractivity contribution in [1.82, 2.24) is 0 Å². The average Bonchev–Trinajstić information content (AvgIpc) is 2.25. The van der Waals surface area contributed by atoms with Gasteiger partial charge < -0.3 is 4.74 Å². The van der Waals surface area contributed by atoms with Crippen LogP contribution in [0.15, 0.2) is 30.3 Å². The van der Waals surface area contributed by atoms with E-state index in [1.54, 1.807) is 13.2 Å². The van der Waals surface area contributed by atoms with Crippen LogP contribution < -0.4 is 4.74 Å². The van der Waals surface area contributed by atoms with Gasteiger partial charge in [-0.05, 0) is 22.9 Å². The van der Waals surface area contributed by atoms with Crippen LogP contribution in [0.25, 0.3) is 5.20 Å². The summed E-state index contributed by atoms with van der Waals surface area (Å²) < 4.78 is 5.12. The van der Waals surface area contributed by atoms with Crippen molar-refractivity contribution in [3.05, 3.63) is 35.9 Å². The molecule has 0 N–H and O–H groups in total. The third-order valence-corrected chi connectivity index (χ3v) is 4.47. The van der Waals surface area contributed by atoms with Gasteiger partial charge in [0.1, 0.15) is 5.75 Å². The highest BCUT2D eigenvalue weighted by Crippen LogP contribution is 2.26. The van der Waals surface area contributed by atoms with Crippen LogP contribution in [-0.4, -0.2) is 15.2 Å². The molecule has 0 amide bonds. The molecule has 0 fully saturated rings. The van der Waals surface area contributed by atoms with Crippen molar-refractivity contribution in [2.75, 3.05) is 7.11 Å². The van der Waals surface area contributed by atoms with Crippen molar-refractivity contribution < 1.29 is 4.74 Å². The molecule has 0 unspecified atom stereocenters. The van der Waals surface area contributed by atoms with Crippen molar-refractivity contribution >= 4 is 13.3 Å². The minimum Gasteiger partial charge on any atom is -0.497 e. The molecule has 16 heavy (non-hydrogen) atoms. The third-order valence-electron chi connectivity index (χ3n) is 2.42. The molecule has 1 rings (SSSR count). The SMILES string of the molecule is COc1ccc(/C(=C/C#N)[Si](C)(C)C)cc1. The molecule has 1 aromatic rings. The van der Waals surface area contributed by atoms with Gasteiger partial charge in [0.25, 0.3) is 0 Å². The van der Waals surface area contributed by atoms with Crippen molar-refractivity contribution in [3.8, 4) is 11.8 Å². The Morgan fingerprint density at radius 3 is 2.19 bits per heavy atom. The van der Waals surface area contributed by atoms with Crippen molar-refractivity contribution in [3.63, 3.8) is 0 Å². The first kappa shape index (κ1) is 12.5. The minimum absolute atomic E-state index is 0.843. The summed E-state index contributed by atoms with van der Waals surface area (Å²) in [6, 6.07) is 10.0. The summed E-state index contributed by atoms with van der Waals surface area (Å²) in [6.45, 7) is 6.71. The zero-order valence-electron chi connectivity index (χ0n) is 10.2. The lowest BCUT2D eigenvalue weighted by Crippen LogP contribution is -2.22. The van der Waals surface area contributed by atoms with Gasteiger partial charge in [-0.25, -0.2) is 0 Å². The number of nitriles is 1. The fourth-order valence-electron chi connectivity index (χ4n) is 1.57. The van der Waals surface area contributed by atoms with Gasteiger partial charge in [0, 0.05) is 6.08 Å². The Balaban J connectivity index is 3.14. The topological polar surface area (TPSA) is 33.0 Å². The number of hydrogen-bond donors (Lipinski definition) is 0. The molecule has 3 heteroatoms. The Morgan fingerprint density at radius 2 is 1.81 bits per heavy atom. The Morgan fingerprint density at radius 1 is 1.25 bits per heavy atom. The molecule has 0 saturated carbocycles. The van der Waals surface area contributed by atoms with Crippen LogP contribution in [0.3, 0.4) is 0 Å². The van der Waals surface area contributed by atoms with Gasteiger partial charge in [-0.2, -0.15) is 5.26 Å². The van der Waals surface area contributed by atoms with Gasteiger partial charge in [0.15, 0.2) is 0 Å². The molecule has 0 heterocycles. The van der Waals surface area contributed by atoms with E-state index in [1.165, 1.54) is 5.20 Å². The maximum atomic E-state index is 8.83. The molecular formula is C13H17NOSi. The molecule has 0 aliphatic carbocycles. The summed E-state index contributed by atoms with van der Waals surface area (Å²) in [5.74, 6) is 0.843. The van der Waals surface area contributed by atoms with Crippen LogP contribution in [0.5, 0.6) is 5.75 Å². The van der Waals surface area contributed by atoms with Crippen LogP contribution in [0.1, 0.15) is 5.56 Å². The molecule has 0 aliphatic rings. The number of methoxy groups -OCH3 is 1. The number of ether oxygens (including phenoxy) is 1. The molecule has 0 saturated heterocycles. The first-order valence-corrected chi connectivity index (χ1v) is 8.73. The summed E-state index contributed by atoms with van der Waals surface area (Å²) >= 11 is 0. The average molecular weight is 231 g/mol. The zero-order valence-corrected chi connectivity index (χ0v) is 11.2. The van der Waals surface area contributed by atoms with E-state index in [4.69, 9.17) is 10.00 Å². The molecule has 0 spiro atoms. The van der Waals surface area contributed by atoms with Crippen LogP contribution in [0, 0.1) is 11.3 Å². The van der Waals surface area contributed by atoms with Gasteiger partial charge in [0.2, 0.25) is 0 Å². The Kier molecular flexibility index (Phi) is 3.91. The van der Waals surface area contributed by atoms with E-state index in [9.17, 15) is 0 Å². The highest BCUT2D eigenvalue weighted by Gasteiger charge is 2.20. The summed E-state index contributed by atoms with van der Waals surface area (Å²) in [7, 11) is 0.174. The second-order valence-corrected chi connectivity index (χ2v) is 9.70. The number of rotatable bonds is 3. The van der Waals surface area contributed by atoms with Gasteiger partial charge in [-0.1, -0.05) is 31.8 Å². The number of hydrogen-bond acceptors (Lipinski definition) is 2. The molecule has 0 aromatic heterocycles. The summed E-state index contributed by atoms with van der Waals surface area (Å²) in [6.07, 6.45) is 1.67. The van der Waals surface area contributed by atoms with Crippen molar-refractivity contribution in [1.29, 1.82) is 5.26 Å². The first-order valence-electron chi connectivity index (χ1n) is 5.23. The minimum atomic E-state index is -1.48. The lowest BCUT2D eigenvalue weighted by molar-refractivity contribution is 0.415. The molecule has 84 valence electrons. The van der Waals surface area contributed by atoms with Gasteiger partial charge >= 0.3 is 0 Å². The van der Waals surface area contributed by atoms with Gasteiger partial charge in [-0.15, -0.1) is 0 Å². The van der Waals surface area contributed by atoms with E-state index in [0.717, 1.165) is 11.3 Å². The Hall–Kier alpha value is -1.53. The summed E-state index contributed by atoms with van der Waals surface area (Å²) in [4.78, 5) is 0. The van der Waals surface area contributed by atoms with Gasteiger partial charge in [0.05, 0.1) is 21.3 Å². The Bertz CT molecular complexity index is 421. The van der Waals surface area contributed by atoms with E-state index < -0.39 is 8.07 Å². The summed E-state index contributed by atoms with van der Waals surface area (Å²) in [5, 5.41) is 10.0. The van der Waals surface area contributed by atoms with E-state index in [-0.39, 0.29) is 0 Å². The molecule has 1 aromatic carbocycles. The smallest absolute Gasteiger partial charge is 0.118 e. The largest absolute Gasteiger partial charge is 0.497 e. The lowest BCUT2D eigenvalue weighted by atomic mass is 10.2. The predicted octanol–water partition coefficient (Wildman–Crippen LogP) is 3.48. The number of nitrogens with zero attached hydrogens (tertiary/aromatic N) is 1. The molecular weight excluding hydrogens is 214 g/mol. The first-order chi connectivity index (χ1) is 7.49. The maximum absolute atomic E-state index is 8.83. The highest BCUT2D eigenvalue weighted by atomic mass is 28.3. The van der Waals surface area contributed by atoms with E-state index in [1.807, 2.05) is 24.3 Å². The fourth-order valence-corrected chi connectivity index (χ4v) is 3.10. The molecule has 0 radical (unpaired) electrons. The van der Waals surface area contributed by atoms with Crippen molar-refractivity contribution in [2.24, 2.45) is 0 Å². The zero-order chi connectivity index (χ0) is 12.2. The maximum Gasteiger partial charge on any atom is 0.118 e. The predicted molar refractivity (Wildman–Crippen MR) is 69.9 cm³/mol. The third kappa shape index (κ3) is 2.98. The van der Waals surface area contributed by atoms with E-state index >= 15 is 0 Å². The van der Waals surface area contributed by atoms with E-state index in [2.05, 4.69) is 25.7 Å². The summed E-state index contributed by atoms with van der Waals surface area (Å²) in [5.41, 5.74) is 1.13. The van der Waals surface area contributed by atoms with Crippen LogP contribution >= 0.6 is 0 Å². The normalized spacial score (nSPS) is 12.1. The quantitative estimate of drug-likeness (QED) is 0.589. The molecule has 2 nitrogen and oxygen atoms in total. The van der Waals surface area contributed by atoms with Gasteiger partial charge in [-0.3, -0.25) is 0 Å². The molecule has 0 atom stereocenters. The van der Waals surface area contributed by atoms with E-state index in [0.29, 0.717) is 0 Å².